The number of hydrogen-bond acceptors (Lipinski definition) is 6. The van der Waals surface area contributed by atoms with Gasteiger partial charge >= 0.3 is 6.09 Å². The van der Waals surface area contributed by atoms with E-state index in [1.807, 2.05) is 30.3 Å². The van der Waals surface area contributed by atoms with Crippen LogP contribution < -0.4 is 9.80 Å². The zero-order chi connectivity index (χ0) is 25.9. The summed E-state index contributed by atoms with van der Waals surface area (Å²) in [7, 11) is 0. The van der Waals surface area contributed by atoms with Gasteiger partial charge in [0.15, 0.2) is 5.82 Å². The van der Waals surface area contributed by atoms with Crippen molar-refractivity contribution in [2.24, 2.45) is 0 Å². The fraction of sp³-hybridized carbons (Fsp3) is 0.300. The van der Waals surface area contributed by atoms with Gasteiger partial charge in [0.2, 0.25) is 0 Å². The number of aromatic amines is 1. The summed E-state index contributed by atoms with van der Waals surface area (Å²) < 4.78 is 5.58. The van der Waals surface area contributed by atoms with E-state index >= 15 is 0 Å². The van der Waals surface area contributed by atoms with Crippen LogP contribution in [-0.4, -0.2) is 53.4 Å². The summed E-state index contributed by atoms with van der Waals surface area (Å²) in [6.45, 7) is 3.58. The molecule has 38 heavy (non-hydrogen) atoms. The summed E-state index contributed by atoms with van der Waals surface area (Å²) in [5, 5.41) is 20.0. The number of ether oxygens (including phenoxy) is 1. The Morgan fingerprint density at radius 3 is 2.68 bits per heavy atom. The first-order valence-electron chi connectivity index (χ1n) is 13.1. The minimum Gasteiger partial charge on any atom is -0.445 e. The Kier molecular flexibility index (Phi) is 6.57. The highest BCUT2D eigenvalue weighted by Crippen LogP contribution is 2.34. The van der Waals surface area contributed by atoms with Crippen molar-refractivity contribution >= 4 is 28.4 Å². The number of fused-ring (bicyclic) bond motifs is 2. The molecule has 0 spiro atoms. The zero-order valence-electron chi connectivity index (χ0n) is 21.2. The van der Waals surface area contributed by atoms with Crippen molar-refractivity contribution in [3.8, 4) is 6.07 Å². The van der Waals surface area contributed by atoms with Gasteiger partial charge in [-0.2, -0.15) is 10.4 Å². The standard InChI is InChI=1S/C30H30N6O2/c31-15-13-24-19-35(17-18-36(24)30(37)38-21-22-7-2-1-3-8-22)29-26-14-16-34(20-27(26)32-33-29)28-12-6-10-23-9-4-5-11-25(23)28/h1-12,24H,13-14,16-21H2,(H,32,33)/t24-/m0/s1. The summed E-state index contributed by atoms with van der Waals surface area (Å²) in [5.41, 5.74) is 4.54. The van der Waals surface area contributed by atoms with Gasteiger partial charge in [0.25, 0.3) is 0 Å². The number of aromatic nitrogens is 2. The molecular formula is C30H30N6O2. The van der Waals surface area contributed by atoms with Crippen LogP contribution in [0, 0.1) is 11.3 Å². The molecule has 1 N–H and O–H groups in total. The maximum absolute atomic E-state index is 12.9. The minimum absolute atomic E-state index is 0.221. The summed E-state index contributed by atoms with van der Waals surface area (Å²) in [5.74, 6) is 0.942. The van der Waals surface area contributed by atoms with Crippen LogP contribution in [0.3, 0.4) is 0 Å². The molecule has 192 valence electrons. The average molecular weight is 507 g/mol. The first-order chi connectivity index (χ1) is 18.7. The van der Waals surface area contributed by atoms with Crippen LogP contribution >= 0.6 is 0 Å². The third kappa shape index (κ3) is 4.63. The van der Waals surface area contributed by atoms with E-state index in [1.165, 1.54) is 22.0 Å². The van der Waals surface area contributed by atoms with Crippen molar-refractivity contribution in [2.75, 3.05) is 36.0 Å². The molecule has 3 aromatic carbocycles. The maximum atomic E-state index is 12.9. The second-order valence-corrected chi connectivity index (χ2v) is 9.87. The Morgan fingerprint density at radius 2 is 1.82 bits per heavy atom. The Morgan fingerprint density at radius 1 is 1.00 bits per heavy atom. The number of rotatable bonds is 5. The number of piperazine rings is 1. The lowest BCUT2D eigenvalue weighted by Crippen LogP contribution is -2.55. The van der Waals surface area contributed by atoms with Gasteiger partial charge in [0, 0.05) is 42.8 Å². The Bertz CT molecular complexity index is 1470. The van der Waals surface area contributed by atoms with Gasteiger partial charge in [0.05, 0.1) is 30.8 Å². The van der Waals surface area contributed by atoms with E-state index in [0.29, 0.717) is 19.6 Å². The van der Waals surface area contributed by atoms with Crippen molar-refractivity contribution in [1.29, 1.82) is 5.26 Å². The van der Waals surface area contributed by atoms with Crippen LogP contribution in [0.2, 0.25) is 0 Å². The Balaban J connectivity index is 1.15. The smallest absolute Gasteiger partial charge is 0.410 e. The van der Waals surface area contributed by atoms with E-state index in [-0.39, 0.29) is 25.2 Å². The number of H-pyrrole nitrogens is 1. The molecule has 8 heteroatoms. The first-order valence-corrected chi connectivity index (χ1v) is 13.1. The van der Waals surface area contributed by atoms with Gasteiger partial charge in [-0.1, -0.05) is 66.7 Å². The molecule has 0 radical (unpaired) electrons. The van der Waals surface area contributed by atoms with Gasteiger partial charge in [-0.05, 0) is 23.4 Å². The van der Waals surface area contributed by atoms with Crippen LogP contribution in [0.5, 0.6) is 0 Å². The summed E-state index contributed by atoms with van der Waals surface area (Å²) in [6, 6.07) is 26.6. The quantitative estimate of drug-likeness (QED) is 0.416. The maximum Gasteiger partial charge on any atom is 0.410 e. The van der Waals surface area contributed by atoms with E-state index < -0.39 is 0 Å². The summed E-state index contributed by atoms with van der Waals surface area (Å²) in [4.78, 5) is 19.2. The molecule has 8 nitrogen and oxygen atoms in total. The largest absolute Gasteiger partial charge is 0.445 e. The molecule has 2 aliphatic heterocycles. The van der Waals surface area contributed by atoms with Gasteiger partial charge in [0.1, 0.15) is 6.61 Å². The topological polar surface area (TPSA) is 88.5 Å². The molecule has 6 rings (SSSR count). The number of carbonyl (C=O) groups excluding carboxylic acids is 1. The second-order valence-electron chi connectivity index (χ2n) is 9.87. The molecular weight excluding hydrogens is 476 g/mol. The number of nitrogens with zero attached hydrogens (tertiary/aromatic N) is 5. The highest BCUT2D eigenvalue weighted by Gasteiger charge is 2.34. The molecule has 1 atom stereocenters. The predicted molar refractivity (Wildman–Crippen MR) is 147 cm³/mol. The average Bonchev–Trinajstić information content (AvgIpc) is 3.40. The van der Waals surface area contributed by atoms with E-state index in [0.717, 1.165) is 36.6 Å². The molecule has 0 unspecified atom stereocenters. The van der Waals surface area contributed by atoms with Crippen molar-refractivity contribution < 1.29 is 9.53 Å². The van der Waals surface area contributed by atoms with Gasteiger partial charge in [-0.3, -0.25) is 5.10 Å². The lowest BCUT2D eigenvalue weighted by atomic mass is 10.0. The number of nitrogens with one attached hydrogen (secondary N) is 1. The third-order valence-corrected chi connectivity index (χ3v) is 7.57. The van der Waals surface area contributed by atoms with E-state index in [1.54, 1.807) is 4.90 Å². The molecule has 1 aromatic heterocycles. The minimum atomic E-state index is -0.372. The highest BCUT2D eigenvalue weighted by molar-refractivity contribution is 5.94. The molecule has 4 aromatic rings. The molecule has 1 fully saturated rings. The number of benzene rings is 3. The van der Waals surface area contributed by atoms with Crippen LogP contribution in [0.25, 0.3) is 10.8 Å². The van der Waals surface area contributed by atoms with Gasteiger partial charge in [-0.25, -0.2) is 4.79 Å². The molecule has 0 bridgehead atoms. The highest BCUT2D eigenvalue weighted by atomic mass is 16.6. The normalized spacial score (nSPS) is 17.2. The van der Waals surface area contributed by atoms with Crippen LogP contribution in [-0.2, 0) is 24.3 Å². The molecule has 0 saturated carbocycles. The Labute approximate surface area is 222 Å². The van der Waals surface area contributed by atoms with Crippen molar-refractivity contribution in [3.63, 3.8) is 0 Å². The first kappa shape index (κ1) is 23.9. The van der Waals surface area contributed by atoms with Gasteiger partial charge < -0.3 is 19.4 Å². The number of amides is 1. The van der Waals surface area contributed by atoms with E-state index in [2.05, 4.69) is 63.4 Å². The van der Waals surface area contributed by atoms with E-state index in [4.69, 9.17) is 9.84 Å². The lowest BCUT2D eigenvalue weighted by molar-refractivity contribution is 0.0768. The van der Waals surface area contributed by atoms with Crippen LogP contribution in [0.15, 0.2) is 72.8 Å². The van der Waals surface area contributed by atoms with Crippen molar-refractivity contribution in [1.82, 2.24) is 15.1 Å². The number of anilines is 2. The van der Waals surface area contributed by atoms with Crippen LogP contribution in [0.1, 0.15) is 23.2 Å². The summed E-state index contributed by atoms with van der Waals surface area (Å²) in [6.07, 6.45) is 0.758. The third-order valence-electron chi connectivity index (χ3n) is 7.57. The number of carbonyl (C=O) groups is 1. The summed E-state index contributed by atoms with van der Waals surface area (Å²) >= 11 is 0. The van der Waals surface area contributed by atoms with Crippen molar-refractivity contribution in [2.45, 2.75) is 32.0 Å². The predicted octanol–water partition coefficient (Wildman–Crippen LogP) is 4.87. The van der Waals surface area contributed by atoms with Crippen LogP contribution in [0.4, 0.5) is 16.3 Å². The molecule has 0 aliphatic carbocycles. The molecule has 2 aliphatic rings. The molecule has 1 amide bonds. The second kappa shape index (κ2) is 10.5. The SMILES string of the molecule is N#CC[C@H]1CN(c2n[nH]c3c2CCN(c2cccc4ccccc24)C3)CCN1C(=O)OCc1ccccc1. The fourth-order valence-corrected chi connectivity index (χ4v) is 5.62. The number of nitriles is 1. The number of hydrogen-bond donors (Lipinski definition) is 1. The fourth-order valence-electron chi connectivity index (χ4n) is 5.62. The van der Waals surface area contributed by atoms with E-state index in [9.17, 15) is 10.1 Å². The van der Waals surface area contributed by atoms with Gasteiger partial charge in [-0.15, -0.1) is 0 Å². The monoisotopic (exact) mass is 506 g/mol. The zero-order valence-corrected chi connectivity index (χ0v) is 21.2. The van der Waals surface area contributed by atoms with Crippen molar-refractivity contribution in [3.05, 3.63) is 89.6 Å². The lowest BCUT2D eigenvalue weighted by Gasteiger charge is -2.40. The molecule has 3 heterocycles. The Hall–Kier alpha value is -4.51. The molecule has 1 saturated heterocycles.